The summed E-state index contributed by atoms with van der Waals surface area (Å²) in [5.41, 5.74) is -0.862. The van der Waals surface area contributed by atoms with Crippen LogP contribution < -0.4 is 5.32 Å². The van der Waals surface area contributed by atoms with Crippen molar-refractivity contribution in [2.24, 2.45) is 10.4 Å². The van der Waals surface area contributed by atoms with E-state index in [0.717, 1.165) is 0 Å². The Labute approximate surface area is 272 Å². The zero-order chi connectivity index (χ0) is 33.6. The summed E-state index contributed by atoms with van der Waals surface area (Å²) in [6, 6.07) is 0.673. The average molecular weight is 683 g/mol. The van der Waals surface area contributed by atoms with E-state index in [2.05, 4.69) is 15.3 Å². The van der Waals surface area contributed by atoms with Crippen LogP contribution in [0.3, 0.4) is 0 Å². The van der Waals surface area contributed by atoms with Crippen molar-refractivity contribution >= 4 is 46.6 Å². The van der Waals surface area contributed by atoms with E-state index in [1.165, 1.54) is 65.2 Å². The molecule has 1 aromatic heterocycles. The van der Waals surface area contributed by atoms with Crippen molar-refractivity contribution < 1.29 is 37.4 Å². The maximum atomic E-state index is 15.9. The van der Waals surface area contributed by atoms with Gasteiger partial charge in [0.15, 0.2) is 10.8 Å². The van der Waals surface area contributed by atoms with Gasteiger partial charge in [0.2, 0.25) is 5.91 Å². The van der Waals surface area contributed by atoms with Gasteiger partial charge in [-0.1, -0.05) is 23.7 Å². The number of aliphatic imine (C=N–C) groups is 1. The van der Waals surface area contributed by atoms with E-state index in [4.69, 9.17) is 16.3 Å². The second-order valence-corrected chi connectivity index (χ2v) is 13.3. The van der Waals surface area contributed by atoms with Crippen molar-refractivity contribution in [3.05, 3.63) is 62.5 Å². The minimum atomic E-state index is -3.31. The molecule has 2 fully saturated rings. The molecule has 248 valence electrons. The van der Waals surface area contributed by atoms with Crippen LogP contribution in [0.1, 0.15) is 50.7 Å². The number of aromatic nitrogens is 1. The highest BCUT2D eigenvalue weighted by Gasteiger charge is 2.62. The topological polar surface area (TPSA) is 128 Å². The standard InChI is InChI=1S/C30H34ClF3N6O5S/c1-5-45-27(42)21-19(36-25(26-35-10-12-46-26)37-23(21)17-7-6-8-18(32)22(17)31)13-38-15-30(33,34)24-20(38)14-40(16(2)41)39(24)11-9-29(3,4)28(43)44/h6-8,10,12,20,23-24H,5,9,11,13-15H2,1-4H3,(H,36,37)(H,43,44)/t20-,23?,24+/m0/s1. The molecule has 3 atom stereocenters. The fourth-order valence-corrected chi connectivity index (χ4v) is 6.87. The number of benzene rings is 1. The van der Waals surface area contributed by atoms with Crippen molar-refractivity contribution in [3.8, 4) is 0 Å². The Morgan fingerprint density at radius 2 is 2.02 bits per heavy atom. The lowest BCUT2D eigenvalue weighted by Gasteiger charge is -2.35. The summed E-state index contributed by atoms with van der Waals surface area (Å²) in [6.07, 6.45) is 1.58. The number of amidine groups is 1. The van der Waals surface area contributed by atoms with Crippen molar-refractivity contribution in [1.82, 2.24) is 25.2 Å². The molecule has 46 heavy (non-hydrogen) atoms. The number of carboxylic acids is 1. The molecule has 5 rings (SSSR count). The number of aliphatic carboxylic acids is 1. The summed E-state index contributed by atoms with van der Waals surface area (Å²) < 4.78 is 51.9. The summed E-state index contributed by atoms with van der Waals surface area (Å²) in [6.45, 7) is 4.82. The van der Waals surface area contributed by atoms with E-state index < -0.39 is 59.7 Å². The maximum absolute atomic E-state index is 15.9. The highest BCUT2D eigenvalue weighted by atomic mass is 35.5. The van der Waals surface area contributed by atoms with Crippen molar-refractivity contribution in [1.29, 1.82) is 0 Å². The fourth-order valence-electron chi connectivity index (χ4n) is 6.05. The zero-order valence-electron chi connectivity index (χ0n) is 25.6. The van der Waals surface area contributed by atoms with Crippen LogP contribution in [0, 0.1) is 11.2 Å². The Kier molecular flexibility index (Phi) is 9.51. The number of carboxylic acid groups (broad SMARTS) is 1. The molecule has 3 aliphatic heterocycles. The number of esters is 1. The van der Waals surface area contributed by atoms with Crippen molar-refractivity contribution in [2.75, 3.05) is 32.8 Å². The molecule has 2 aromatic rings. The number of carbonyl (C=O) groups excluding carboxylic acids is 2. The number of amides is 1. The van der Waals surface area contributed by atoms with Gasteiger partial charge in [-0.2, -0.15) is 0 Å². The highest BCUT2D eigenvalue weighted by molar-refractivity contribution is 7.11. The number of nitrogens with one attached hydrogen (secondary N) is 1. The number of nitrogens with zero attached hydrogens (tertiary/aromatic N) is 5. The molecule has 16 heteroatoms. The largest absolute Gasteiger partial charge is 0.481 e. The normalized spacial score (nSPS) is 23.3. The molecule has 4 heterocycles. The van der Waals surface area contributed by atoms with Gasteiger partial charge in [-0.15, -0.1) is 11.3 Å². The molecule has 1 aromatic carbocycles. The van der Waals surface area contributed by atoms with Gasteiger partial charge in [-0.3, -0.25) is 24.5 Å². The first-order valence-corrected chi connectivity index (χ1v) is 15.9. The predicted octanol–water partition coefficient (Wildman–Crippen LogP) is 4.11. The third-order valence-corrected chi connectivity index (χ3v) is 9.65. The molecule has 3 aliphatic rings. The third-order valence-electron chi connectivity index (χ3n) is 8.47. The molecular weight excluding hydrogens is 649 g/mol. The first-order valence-electron chi connectivity index (χ1n) is 14.6. The maximum Gasteiger partial charge on any atom is 0.338 e. The van der Waals surface area contributed by atoms with Gasteiger partial charge in [0.05, 0.1) is 41.7 Å². The number of hydrogen-bond donors (Lipinski definition) is 2. The first-order chi connectivity index (χ1) is 21.7. The van der Waals surface area contributed by atoms with Crippen LogP contribution in [-0.2, 0) is 19.1 Å². The van der Waals surface area contributed by atoms with E-state index in [1.54, 1.807) is 18.5 Å². The smallest absolute Gasteiger partial charge is 0.338 e. The van der Waals surface area contributed by atoms with E-state index in [9.17, 15) is 23.9 Å². The average Bonchev–Trinajstić information content (AvgIpc) is 3.71. The third kappa shape index (κ3) is 6.37. The van der Waals surface area contributed by atoms with E-state index in [0.29, 0.717) is 5.01 Å². The predicted molar refractivity (Wildman–Crippen MR) is 164 cm³/mol. The van der Waals surface area contributed by atoms with Crippen LogP contribution in [-0.4, -0.2) is 99.5 Å². The number of likely N-dealkylation sites (tertiary alicyclic amines) is 1. The molecule has 0 spiro atoms. The van der Waals surface area contributed by atoms with Crippen LogP contribution in [0.25, 0.3) is 0 Å². The molecule has 1 amide bonds. The van der Waals surface area contributed by atoms with Gasteiger partial charge in [-0.25, -0.2) is 28.0 Å². The van der Waals surface area contributed by atoms with Crippen molar-refractivity contribution in [3.63, 3.8) is 0 Å². The van der Waals surface area contributed by atoms with E-state index in [1.807, 2.05) is 0 Å². The van der Waals surface area contributed by atoms with Crippen LogP contribution in [0.15, 0.2) is 46.0 Å². The number of hydrazine groups is 1. The lowest BCUT2D eigenvalue weighted by Crippen LogP contribution is -2.52. The number of halogens is 4. The van der Waals surface area contributed by atoms with Gasteiger partial charge >= 0.3 is 11.9 Å². The monoisotopic (exact) mass is 682 g/mol. The number of ether oxygens (including phenoxy) is 1. The lowest BCUT2D eigenvalue weighted by molar-refractivity contribution is -0.156. The van der Waals surface area contributed by atoms with E-state index in [-0.39, 0.29) is 60.4 Å². The zero-order valence-corrected chi connectivity index (χ0v) is 27.2. The SMILES string of the molecule is CCOC(=O)C1=C(CN2CC(F)(F)[C@H]3[C@@H]2CN(C(C)=O)N3CCC(C)(C)C(=O)O)NC(c2nccs2)=NC1c1cccc(F)c1Cl. The fraction of sp³-hybridized carbons (Fsp3) is 0.500. The highest BCUT2D eigenvalue weighted by Crippen LogP contribution is 2.43. The Hall–Kier alpha value is -3.53. The van der Waals surface area contributed by atoms with Gasteiger partial charge in [0, 0.05) is 42.9 Å². The van der Waals surface area contributed by atoms with Crippen LogP contribution in [0.2, 0.25) is 5.02 Å². The van der Waals surface area contributed by atoms with Gasteiger partial charge < -0.3 is 15.2 Å². The Bertz CT molecular complexity index is 1590. The van der Waals surface area contributed by atoms with Gasteiger partial charge in [-0.05, 0) is 33.3 Å². The summed E-state index contributed by atoms with van der Waals surface area (Å²) in [7, 11) is 0. The van der Waals surface area contributed by atoms with Crippen LogP contribution in [0.4, 0.5) is 13.2 Å². The van der Waals surface area contributed by atoms with E-state index >= 15 is 8.78 Å². The number of fused-ring (bicyclic) bond motifs is 1. The van der Waals surface area contributed by atoms with Crippen molar-refractivity contribution in [2.45, 2.75) is 58.2 Å². The Morgan fingerprint density at radius 3 is 2.65 bits per heavy atom. The van der Waals surface area contributed by atoms with Crippen LogP contribution in [0.5, 0.6) is 0 Å². The molecule has 0 bridgehead atoms. The molecule has 0 aliphatic carbocycles. The number of carbonyl (C=O) groups is 3. The lowest BCUT2D eigenvalue weighted by atomic mass is 9.89. The molecule has 2 N–H and O–H groups in total. The summed E-state index contributed by atoms with van der Waals surface area (Å²) in [4.78, 5) is 48.4. The number of hydrogen-bond acceptors (Lipinski definition) is 10. The number of rotatable bonds is 10. The molecular formula is C30H34ClF3N6O5S. The Balaban J connectivity index is 1.56. The minimum absolute atomic E-state index is 0.00394. The second-order valence-electron chi connectivity index (χ2n) is 12.0. The molecule has 0 radical (unpaired) electrons. The summed E-state index contributed by atoms with van der Waals surface area (Å²) in [5, 5.41) is 17.1. The first kappa shape index (κ1) is 33.8. The summed E-state index contributed by atoms with van der Waals surface area (Å²) in [5.74, 6) is -6.12. The number of thiazole rings is 1. The van der Waals surface area contributed by atoms with Gasteiger partial charge in [0.1, 0.15) is 17.9 Å². The summed E-state index contributed by atoms with van der Waals surface area (Å²) >= 11 is 7.63. The minimum Gasteiger partial charge on any atom is -0.481 e. The molecule has 2 saturated heterocycles. The molecule has 1 unspecified atom stereocenters. The molecule has 11 nitrogen and oxygen atoms in total. The Morgan fingerprint density at radius 1 is 1.28 bits per heavy atom. The molecule has 0 saturated carbocycles. The van der Waals surface area contributed by atoms with Gasteiger partial charge in [0.25, 0.3) is 5.92 Å². The second kappa shape index (κ2) is 12.9. The number of alkyl halides is 2. The quantitative estimate of drug-likeness (QED) is 0.356. The van der Waals surface area contributed by atoms with Crippen LogP contribution >= 0.6 is 22.9 Å².